The molecule has 0 saturated carbocycles. The highest BCUT2D eigenvalue weighted by atomic mass is 32.1. The molecule has 0 bridgehead atoms. The SMILES string of the molecule is CCn1ncc2c(C(=O)N(C)Cc3ccc(OC(F)F)c(OC)c3)cc(-c3cccs3)nc21. The minimum atomic E-state index is -2.95. The summed E-state index contributed by atoms with van der Waals surface area (Å²) in [6, 6.07) is 10.3. The lowest BCUT2D eigenvalue weighted by molar-refractivity contribution is -0.0512. The summed E-state index contributed by atoms with van der Waals surface area (Å²) in [4.78, 5) is 20.7. The van der Waals surface area contributed by atoms with Crippen molar-refractivity contribution >= 4 is 28.3 Å². The third-order valence-electron chi connectivity index (χ3n) is 5.12. The molecule has 0 aliphatic rings. The Labute approximate surface area is 193 Å². The van der Waals surface area contributed by atoms with Crippen LogP contribution in [0.1, 0.15) is 22.8 Å². The molecule has 0 aliphatic heterocycles. The van der Waals surface area contributed by atoms with Crippen molar-refractivity contribution in [2.75, 3.05) is 14.2 Å². The van der Waals surface area contributed by atoms with Crippen LogP contribution >= 0.6 is 11.3 Å². The van der Waals surface area contributed by atoms with E-state index < -0.39 is 6.61 Å². The second kappa shape index (κ2) is 9.53. The highest BCUT2D eigenvalue weighted by molar-refractivity contribution is 7.13. The third-order valence-corrected chi connectivity index (χ3v) is 6.02. The molecule has 7 nitrogen and oxygen atoms in total. The maximum atomic E-state index is 13.5. The smallest absolute Gasteiger partial charge is 0.387 e. The molecular weight excluding hydrogens is 450 g/mol. The van der Waals surface area contributed by atoms with Crippen LogP contribution in [-0.2, 0) is 13.1 Å². The van der Waals surface area contributed by atoms with E-state index in [0.29, 0.717) is 34.4 Å². The van der Waals surface area contributed by atoms with Gasteiger partial charge in [-0.2, -0.15) is 13.9 Å². The monoisotopic (exact) mass is 472 g/mol. The summed E-state index contributed by atoms with van der Waals surface area (Å²) in [5.74, 6) is -0.0967. The van der Waals surface area contributed by atoms with Gasteiger partial charge < -0.3 is 14.4 Å². The Bertz CT molecular complexity index is 1270. The first-order chi connectivity index (χ1) is 15.9. The second-order valence-electron chi connectivity index (χ2n) is 7.25. The van der Waals surface area contributed by atoms with Crippen LogP contribution in [0.15, 0.2) is 48.0 Å². The van der Waals surface area contributed by atoms with Crippen LogP contribution in [0.25, 0.3) is 21.6 Å². The average molecular weight is 473 g/mol. The summed E-state index contributed by atoms with van der Waals surface area (Å²) >= 11 is 1.55. The van der Waals surface area contributed by atoms with Crippen molar-refractivity contribution in [2.24, 2.45) is 0 Å². The first-order valence-corrected chi connectivity index (χ1v) is 11.1. The van der Waals surface area contributed by atoms with Crippen molar-refractivity contribution in [2.45, 2.75) is 26.6 Å². The standard InChI is InChI=1S/C23H22F2N4O3S/c1-4-29-21-16(12-26-29)15(11-17(27-21)20-6-5-9-33-20)22(30)28(2)13-14-7-8-18(32-23(24)25)19(10-14)31-3/h5-12,23H,4,13H2,1-3H3. The number of fused-ring (bicyclic) bond motifs is 1. The maximum absolute atomic E-state index is 13.5. The van der Waals surface area contributed by atoms with Crippen LogP contribution < -0.4 is 9.47 Å². The Hall–Kier alpha value is -3.53. The van der Waals surface area contributed by atoms with Gasteiger partial charge in [0.2, 0.25) is 0 Å². The number of amides is 1. The van der Waals surface area contributed by atoms with Crippen molar-refractivity contribution in [1.29, 1.82) is 0 Å². The number of thiophene rings is 1. The highest BCUT2D eigenvalue weighted by Crippen LogP contribution is 2.31. The van der Waals surface area contributed by atoms with Crippen molar-refractivity contribution in [3.8, 4) is 22.1 Å². The minimum Gasteiger partial charge on any atom is -0.493 e. The molecular formula is C23H22F2N4O3S. The van der Waals surface area contributed by atoms with Crippen molar-refractivity contribution in [3.63, 3.8) is 0 Å². The van der Waals surface area contributed by atoms with Gasteiger partial charge in [-0.15, -0.1) is 11.3 Å². The van der Waals surface area contributed by atoms with E-state index in [4.69, 9.17) is 9.72 Å². The van der Waals surface area contributed by atoms with Gasteiger partial charge in [-0.25, -0.2) is 9.67 Å². The fourth-order valence-corrected chi connectivity index (χ4v) is 4.25. The van der Waals surface area contributed by atoms with Gasteiger partial charge >= 0.3 is 6.61 Å². The van der Waals surface area contributed by atoms with Gasteiger partial charge in [-0.05, 0) is 42.1 Å². The lowest BCUT2D eigenvalue weighted by Crippen LogP contribution is -2.26. The van der Waals surface area contributed by atoms with E-state index >= 15 is 0 Å². The van der Waals surface area contributed by atoms with E-state index in [9.17, 15) is 13.6 Å². The number of halogens is 2. The molecule has 0 spiro atoms. The molecule has 1 aromatic carbocycles. The van der Waals surface area contributed by atoms with Crippen LogP contribution in [0.5, 0.6) is 11.5 Å². The zero-order chi connectivity index (χ0) is 23.5. The predicted molar refractivity (Wildman–Crippen MR) is 122 cm³/mol. The molecule has 172 valence electrons. The number of methoxy groups -OCH3 is 1. The predicted octanol–water partition coefficient (Wildman–Crippen LogP) is 5.06. The van der Waals surface area contributed by atoms with E-state index in [0.717, 1.165) is 4.88 Å². The molecule has 0 aliphatic carbocycles. The Balaban J connectivity index is 1.66. The number of hydrogen-bond donors (Lipinski definition) is 0. The third kappa shape index (κ3) is 4.65. The Morgan fingerprint density at radius 3 is 2.73 bits per heavy atom. The number of hydrogen-bond acceptors (Lipinski definition) is 6. The van der Waals surface area contributed by atoms with E-state index in [1.807, 2.05) is 24.4 Å². The number of nitrogens with zero attached hydrogens (tertiary/aromatic N) is 4. The molecule has 3 heterocycles. The molecule has 0 atom stereocenters. The normalized spacial score (nSPS) is 11.2. The van der Waals surface area contributed by atoms with Gasteiger partial charge in [0.1, 0.15) is 0 Å². The number of alkyl halides is 2. The zero-order valence-corrected chi connectivity index (χ0v) is 19.1. The summed E-state index contributed by atoms with van der Waals surface area (Å²) < 4.78 is 36.6. The Morgan fingerprint density at radius 2 is 2.06 bits per heavy atom. The van der Waals surface area contributed by atoms with Crippen LogP contribution in [0.3, 0.4) is 0 Å². The molecule has 1 amide bonds. The summed E-state index contributed by atoms with van der Waals surface area (Å²) in [6.45, 7) is -0.121. The Morgan fingerprint density at radius 1 is 1.24 bits per heavy atom. The lowest BCUT2D eigenvalue weighted by atomic mass is 10.1. The number of benzene rings is 1. The van der Waals surface area contributed by atoms with E-state index in [1.54, 1.807) is 52.4 Å². The minimum absolute atomic E-state index is 0.0614. The number of aromatic nitrogens is 3. The van der Waals surface area contributed by atoms with Gasteiger partial charge in [0.05, 0.1) is 34.8 Å². The van der Waals surface area contributed by atoms with Crippen molar-refractivity contribution < 1.29 is 23.0 Å². The quantitative estimate of drug-likeness (QED) is 0.359. The molecule has 10 heteroatoms. The molecule has 33 heavy (non-hydrogen) atoms. The number of ether oxygens (including phenoxy) is 2. The van der Waals surface area contributed by atoms with E-state index in [2.05, 4.69) is 9.84 Å². The van der Waals surface area contributed by atoms with E-state index in [-0.39, 0.29) is 24.0 Å². The molecule has 0 fully saturated rings. The van der Waals surface area contributed by atoms with Crippen molar-refractivity contribution in [3.05, 3.63) is 59.1 Å². The molecule has 0 radical (unpaired) electrons. The molecule has 4 aromatic rings. The highest BCUT2D eigenvalue weighted by Gasteiger charge is 2.21. The zero-order valence-electron chi connectivity index (χ0n) is 18.3. The van der Waals surface area contributed by atoms with Crippen LogP contribution in [-0.4, -0.2) is 46.3 Å². The number of carbonyl (C=O) groups excluding carboxylic acids is 1. The lowest BCUT2D eigenvalue weighted by Gasteiger charge is -2.19. The number of pyridine rings is 1. The largest absolute Gasteiger partial charge is 0.493 e. The van der Waals surface area contributed by atoms with Gasteiger partial charge in [0.15, 0.2) is 17.1 Å². The second-order valence-corrected chi connectivity index (χ2v) is 8.20. The van der Waals surface area contributed by atoms with Gasteiger partial charge in [0, 0.05) is 20.1 Å². The van der Waals surface area contributed by atoms with E-state index in [1.165, 1.54) is 13.2 Å². The maximum Gasteiger partial charge on any atom is 0.387 e. The summed E-state index contributed by atoms with van der Waals surface area (Å²) in [7, 11) is 3.05. The number of carbonyl (C=O) groups is 1. The van der Waals surface area contributed by atoms with Crippen LogP contribution in [0.2, 0.25) is 0 Å². The van der Waals surface area contributed by atoms with Crippen LogP contribution in [0, 0.1) is 0 Å². The van der Waals surface area contributed by atoms with Crippen molar-refractivity contribution in [1.82, 2.24) is 19.7 Å². The molecule has 3 aromatic heterocycles. The first kappa shape index (κ1) is 22.7. The molecule has 4 rings (SSSR count). The topological polar surface area (TPSA) is 69.5 Å². The summed E-state index contributed by atoms with van der Waals surface area (Å²) in [5.41, 5.74) is 2.56. The number of rotatable bonds is 8. The van der Waals surface area contributed by atoms with Gasteiger partial charge in [-0.3, -0.25) is 4.79 Å². The molecule has 0 unspecified atom stereocenters. The summed E-state index contributed by atoms with van der Waals surface area (Å²) in [6.07, 6.45) is 1.66. The fourth-order valence-electron chi connectivity index (χ4n) is 3.56. The first-order valence-electron chi connectivity index (χ1n) is 10.2. The fraction of sp³-hybridized carbons (Fsp3) is 0.261. The molecule has 0 N–H and O–H groups in total. The number of aryl methyl sites for hydroxylation is 1. The van der Waals surface area contributed by atoms with Crippen LogP contribution in [0.4, 0.5) is 8.78 Å². The molecule has 0 saturated heterocycles. The Kier molecular flexibility index (Phi) is 6.55. The van der Waals surface area contributed by atoms with Gasteiger partial charge in [0.25, 0.3) is 5.91 Å². The van der Waals surface area contributed by atoms with Gasteiger partial charge in [-0.1, -0.05) is 12.1 Å². The average Bonchev–Trinajstić information content (AvgIpc) is 3.48. The summed E-state index contributed by atoms with van der Waals surface area (Å²) in [5, 5.41) is 7.01.